The molecule has 0 amide bonds. The van der Waals surface area contributed by atoms with Gasteiger partial charge < -0.3 is 5.32 Å². The molecule has 3 heteroatoms. The number of nitrogens with one attached hydrogen (secondary N) is 1. The minimum Gasteiger partial charge on any atom is -0.310 e. The second-order valence-corrected chi connectivity index (χ2v) is 4.74. The first-order valence-corrected chi connectivity index (χ1v) is 6.85. The van der Waals surface area contributed by atoms with Crippen LogP contribution in [0.5, 0.6) is 0 Å². The molecule has 0 aliphatic heterocycles. The van der Waals surface area contributed by atoms with Crippen molar-refractivity contribution < 1.29 is 0 Å². The zero-order valence-corrected chi connectivity index (χ0v) is 11.6. The molecular weight excluding hydrogens is 234 g/mol. The first-order chi connectivity index (χ1) is 9.31. The molecule has 0 fully saturated rings. The topological polar surface area (TPSA) is 37.8 Å². The summed E-state index contributed by atoms with van der Waals surface area (Å²) in [5, 5.41) is 3.61. The maximum absolute atomic E-state index is 4.40. The molecule has 2 aromatic heterocycles. The van der Waals surface area contributed by atoms with Crippen molar-refractivity contribution in [3.8, 4) is 0 Å². The molecular formula is C16H21N3. The Hall–Kier alpha value is -1.74. The number of aromatic nitrogens is 2. The predicted octanol–water partition coefficient (Wildman–Crippen LogP) is 3.07. The van der Waals surface area contributed by atoms with Crippen LogP contribution in [-0.4, -0.2) is 16.5 Å². The molecule has 0 radical (unpaired) electrons. The molecule has 2 aromatic rings. The fourth-order valence-electron chi connectivity index (χ4n) is 2.23. The third-order valence-electron chi connectivity index (χ3n) is 3.25. The maximum Gasteiger partial charge on any atom is 0.0420 e. The highest BCUT2D eigenvalue weighted by Gasteiger charge is 2.13. The Morgan fingerprint density at radius 2 is 1.95 bits per heavy atom. The van der Waals surface area contributed by atoms with Gasteiger partial charge in [-0.15, -0.1) is 0 Å². The highest BCUT2D eigenvalue weighted by atomic mass is 14.9. The van der Waals surface area contributed by atoms with Crippen molar-refractivity contribution in [2.24, 2.45) is 0 Å². The molecule has 0 saturated carbocycles. The minimum absolute atomic E-state index is 0.316. The van der Waals surface area contributed by atoms with E-state index in [4.69, 9.17) is 0 Å². The lowest BCUT2D eigenvalue weighted by molar-refractivity contribution is 0.525. The van der Waals surface area contributed by atoms with Crippen molar-refractivity contribution in [1.82, 2.24) is 15.3 Å². The van der Waals surface area contributed by atoms with Crippen LogP contribution < -0.4 is 5.32 Å². The van der Waals surface area contributed by atoms with Crippen molar-refractivity contribution in [1.29, 1.82) is 0 Å². The third-order valence-corrected chi connectivity index (χ3v) is 3.25. The Balaban J connectivity index is 2.19. The fraction of sp³-hybridized carbons (Fsp3) is 0.375. The van der Waals surface area contributed by atoms with Crippen LogP contribution in [0.25, 0.3) is 0 Å². The molecule has 100 valence electrons. The van der Waals surface area contributed by atoms with Crippen LogP contribution in [0.15, 0.2) is 42.9 Å². The summed E-state index contributed by atoms with van der Waals surface area (Å²) < 4.78 is 0. The molecule has 19 heavy (non-hydrogen) atoms. The highest BCUT2D eigenvalue weighted by Crippen LogP contribution is 2.20. The number of hydrogen-bond acceptors (Lipinski definition) is 3. The minimum atomic E-state index is 0.316. The molecule has 2 rings (SSSR count). The maximum atomic E-state index is 4.40. The summed E-state index contributed by atoms with van der Waals surface area (Å²) >= 11 is 0. The van der Waals surface area contributed by atoms with E-state index in [1.165, 1.54) is 11.1 Å². The summed E-state index contributed by atoms with van der Waals surface area (Å²) in [6.45, 7) is 5.28. The highest BCUT2D eigenvalue weighted by molar-refractivity contribution is 5.25. The van der Waals surface area contributed by atoms with Gasteiger partial charge in [0.25, 0.3) is 0 Å². The predicted molar refractivity (Wildman–Crippen MR) is 77.9 cm³/mol. The molecule has 3 nitrogen and oxygen atoms in total. The summed E-state index contributed by atoms with van der Waals surface area (Å²) in [6, 6.07) is 8.64. The smallest absolute Gasteiger partial charge is 0.0420 e. The summed E-state index contributed by atoms with van der Waals surface area (Å²) in [7, 11) is 0. The lowest BCUT2D eigenvalue weighted by Gasteiger charge is -2.20. The molecule has 1 atom stereocenters. The van der Waals surface area contributed by atoms with Gasteiger partial charge in [-0.05, 0) is 55.6 Å². The van der Waals surface area contributed by atoms with Crippen LogP contribution in [0.1, 0.15) is 36.2 Å². The molecule has 0 bridgehead atoms. The Morgan fingerprint density at radius 3 is 2.63 bits per heavy atom. The van der Waals surface area contributed by atoms with Crippen molar-refractivity contribution in [2.75, 3.05) is 6.54 Å². The third kappa shape index (κ3) is 3.86. The fourth-order valence-corrected chi connectivity index (χ4v) is 2.23. The quantitative estimate of drug-likeness (QED) is 0.862. The van der Waals surface area contributed by atoms with Crippen molar-refractivity contribution in [3.05, 3.63) is 59.7 Å². The van der Waals surface area contributed by atoms with E-state index in [9.17, 15) is 0 Å². The average molecular weight is 255 g/mol. The van der Waals surface area contributed by atoms with Crippen LogP contribution in [0.4, 0.5) is 0 Å². The van der Waals surface area contributed by atoms with E-state index in [-0.39, 0.29) is 0 Å². The van der Waals surface area contributed by atoms with Crippen LogP contribution in [0, 0.1) is 6.92 Å². The van der Waals surface area contributed by atoms with Gasteiger partial charge in [-0.25, -0.2) is 0 Å². The van der Waals surface area contributed by atoms with E-state index in [2.05, 4.69) is 47.3 Å². The molecule has 0 aliphatic carbocycles. The zero-order chi connectivity index (χ0) is 13.5. The SMILES string of the molecule is CCCNC(Cc1ccncc1)c1cccnc1C. The monoisotopic (exact) mass is 255 g/mol. The summed E-state index contributed by atoms with van der Waals surface area (Å²) in [4.78, 5) is 8.47. The van der Waals surface area contributed by atoms with Crippen LogP contribution in [0.2, 0.25) is 0 Å². The number of rotatable bonds is 6. The van der Waals surface area contributed by atoms with Gasteiger partial charge in [-0.2, -0.15) is 0 Å². The summed E-state index contributed by atoms with van der Waals surface area (Å²) in [5.74, 6) is 0. The van der Waals surface area contributed by atoms with Crippen LogP contribution in [-0.2, 0) is 6.42 Å². The zero-order valence-electron chi connectivity index (χ0n) is 11.6. The Morgan fingerprint density at radius 1 is 1.16 bits per heavy atom. The lowest BCUT2D eigenvalue weighted by Crippen LogP contribution is -2.25. The van der Waals surface area contributed by atoms with E-state index in [0.717, 1.165) is 25.1 Å². The van der Waals surface area contributed by atoms with E-state index in [1.54, 1.807) is 0 Å². The lowest BCUT2D eigenvalue weighted by atomic mass is 9.98. The molecule has 0 saturated heterocycles. The van der Waals surface area contributed by atoms with Gasteiger partial charge in [0.15, 0.2) is 0 Å². The van der Waals surface area contributed by atoms with Gasteiger partial charge in [-0.3, -0.25) is 9.97 Å². The molecule has 1 N–H and O–H groups in total. The molecule has 0 spiro atoms. The van der Waals surface area contributed by atoms with Crippen molar-refractivity contribution >= 4 is 0 Å². The Kier molecular flexibility index (Phi) is 5.04. The van der Waals surface area contributed by atoms with E-state index in [1.807, 2.05) is 24.7 Å². The number of pyridine rings is 2. The van der Waals surface area contributed by atoms with Gasteiger partial charge in [0.1, 0.15) is 0 Å². The van der Waals surface area contributed by atoms with E-state index >= 15 is 0 Å². The first-order valence-electron chi connectivity index (χ1n) is 6.85. The van der Waals surface area contributed by atoms with Gasteiger partial charge in [0.2, 0.25) is 0 Å². The molecule has 0 aliphatic rings. The molecule has 0 aromatic carbocycles. The summed E-state index contributed by atoms with van der Waals surface area (Å²) in [6.07, 6.45) is 7.65. The standard InChI is InChI=1S/C16H21N3/c1-3-8-19-16(12-14-6-10-17-11-7-14)15-5-4-9-18-13(15)2/h4-7,9-11,16,19H,3,8,12H2,1-2H3. The van der Waals surface area contributed by atoms with Crippen LogP contribution in [0.3, 0.4) is 0 Å². The number of hydrogen-bond donors (Lipinski definition) is 1. The Bertz CT molecular complexity index is 496. The van der Waals surface area contributed by atoms with Gasteiger partial charge >= 0.3 is 0 Å². The van der Waals surface area contributed by atoms with Crippen molar-refractivity contribution in [3.63, 3.8) is 0 Å². The molecule has 1 unspecified atom stereocenters. The number of aryl methyl sites for hydroxylation is 1. The van der Waals surface area contributed by atoms with Gasteiger partial charge in [0, 0.05) is 30.3 Å². The van der Waals surface area contributed by atoms with E-state index < -0.39 is 0 Å². The average Bonchev–Trinajstić information content (AvgIpc) is 2.45. The Labute approximate surface area is 115 Å². The van der Waals surface area contributed by atoms with Crippen LogP contribution >= 0.6 is 0 Å². The number of nitrogens with zero attached hydrogens (tertiary/aromatic N) is 2. The van der Waals surface area contributed by atoms with E-state index in [0.29, 0.717) is 6.04 Å². The van der Waals surface area contributed by atoms with Crippen molar-refractivity contribution in [2.45, 2.75) is 32.7 Å². The molecule has 2 heterocycles. The van der Waals surface area contributed by atoms with Gasteiger partial charge in [0.05, 0.1) is 0 Å². The summed E-state index contributed by atoms with van der Waals surface area (Å²) in [5.41, 5.74) is 3.68. The second-order valence-electron chi connectivity index (χ2n) is 4.74. The largest absolute Gasteiger partial charge is 0.310 e. The first kappa shape index (κ1) is 13.7. The second kappa shape index (κ2) is 7.00. The normalized spacial score (nSPS) is 12.3. The van der Waals surface area contributed by atoms with Gasteiger partial charge in [-0.1, -0.05) is 13.0 Å².